The van der Waals surface area contributed by atoms with Crippen LogP contribution in [-0.4, -0.2) is 21.8 Å². The molecule has 0 spiro atoms. The quantitative estimate of drug-likeness (QED) is 0.781. The fraction of sp³-hybridized carbons (Fsp3) is 0.471. The summed E-state index contributed by atoms with van der Waals surface area (Å²) < 4.78 is 0. The number of fused-ring (bicyclic) bond motifs is 1. The maximum Gasteiger partial charge on any atom is 0.105 e. The average molecular weight is 301 g/mol. The van der Waals surface area contributed by atoms with Crippen LogP contribution >= 0.6 is 11.8 Å². The third-order valence-electron chi connectivity index (χ3n) is 3.38. The van der Waals surface area contributed by atoms with Gasteiger partial charge in [0.25, 0.3) is 0 Å². The van der Waals surface area contributed by atoms with Crippen LogP contribution in [0.3, 0.4) is 0 Å². The van der Waals surface area contributed by atoms with Crippen molar-refractivity contribution in [2.45, 2.75) is 56.0 Å². The van der Waals surface area contributed by atoms with Gasteiger partial charge < -0.3 is 4.98 Å². The molecule has 21 heavy (non-hydrogen) atoms. The number of rotatable bonds is 6. The Labute approximate surface area is 131 Å². The van der Waals surface area contributed by atoms with Gasteiger partial charge in [-0.25, -0.2) is 0 Å². The molecule has 1 heterocycles. The maximum absolute atomic E-state index is 9.43. The van der Waals surface area contributed by atoms with Crippen LogP contribution in [-0.2, 0) is 0 Å². The number of hydrogen-bond donors (Lipinski definition) is 2. The van der Waals surface area contributed by atoms with Gasteiger partial charge >= 0.3 is 0 Å². The van der Waals surface area contributed by atoms with Gasteiger partial charge in [0, 0.05) is 22.2 Å². The maximum atomic E-state index is 9.43. The molecule has 4 heteroatoms. The van der Waals surface area contributed by atoms with Crippen molar-refractivity contribution >= 4 is 22.7 Å². The molecule has 112 valence electrons. The molecule has 2 rings (SSSR count). The van der Waals surface area contributed by atoms with Gasteiger partial charge in [-0.2, -0.15) is 5.26 Å². The third kappa shape index (κ3) is 4.26. The van der Waals surface area contributed by atoms with Crippen molar-refractivity contribution in [3.63, 3.8) is 0 Å². The summed E-state index contributed by atoms with van der Waals surface area (Å²) in [6.07, 6.45) is 0.807. The van der Waals surface area contributed by atoms with Gasteiger partial charge in [0.1, 0.15) is 5.54 Å². The first kappa shape index (κ1) is 15.9. The Morgan fingerprint density at radius 1 is 1.33 bits per heavy atom. The van der Waals surface area contributed by atoms with Crippen molar-refractivity contribution in [1.29, 1.82) is 5.26 Å². The first-order valence-corrected chi connectivity index (χ1v) is 8.23. The van der Waals surface area contributed by atoms with E-state index in [1.807, 2.05) is 19.1 Å². The van der Waals surface area contributed by atoms with Crippen molar-refractivity contribution in [2.75, 3.05) is 0 Å². The molecule has 0 aliphatic rings. The molecule has 2 atom stereocenters. The minimum absolute atomic E-state index is 0.305. The number of thioether (sulfide) groups is 1. The van der Waals surface area contributed by atoms with Gasteiger partial charge in [-0.1, -0.05) is 25.1 Å². The Balaban J connectivity index is 2.03. The highest BCUT2D eigenvalue weighted by molar-refractivity contribution is 7.99. The molecule has 0 amide bonds. The average Bonchev–Trinajstić information content (AvgIpc) is 2.79. The topological polar surface area (TPSA) is 51.6 Å². The minimum Gasteiger partial charge on any atom is -0.350 e. The zero-order valence-corrected chi connectivity index (χ0v) is 13.9. The van der Waals surface area contributed by atoms with Crippen molar-refractivity contribution in [2.24, 2.45) is 0 Å². The van der Waals surface area contributed by atoms with E-state index in [1.54, 1.807) is 11.8 Å². The van der Waals surface area contributed by atoms with E-state index in [2.05, 4.69) is 55.3 Å². The van der Waals surface area contributed by atoms with Gasteiger partial charge in [-0.15, -0.1) is 11.8 Å². The number of benzene rings is 1. The molecular weight excluding hydrogens is 278 g/mol. The molecule has 0 saturated carbocycles. The Bertz CT molecular complexity index is 608. The largest absolute Gasteiger partial charge is 0.350 e. The molecule has 0 fully saturated rings. The van der Waals surface area contributed by atoms with Crippen LogP contribution in [0.15, 0.2) is 35.4 Å². The zero-order chi connectivity index (χ0) is 15.5. The molecule has 0 bridgehead atoms. The molecule has 1 aromatic heterocycles. The number of nitrogens with one attached hydrogen (secondary N) is 2. The highest BCUT2D eigenvalue weighted by Crippen LogP contribution is 2.30. The zero-order valence-electron chi connectivity index (χ0n) is 13.1. The Kier molecular flexibility index (Phi) is 4.97. The SMILES string of the molecule is CC(C)NC(C)(C#N)CC(C)Sc1cc2ccccc2[nH]1. The van der Waals surface area contributed by atoms with E-state index in [0.717, 1.165) is 17.0 Å². The molecular formula is C17H23N3S. The lowest BCUT2D eigenvalue weighted by atomic mass is 9.97. The van der Waals surface area contributed by atoms with Crippen molar-refractivity contribution in [3.05, 3.63) is 30.3 Å². The van der Waals surface area contributed by atoms with Gasteiger partial charge in [0.05, 0.1) is 11.1 Å². The Morgan fingerprint density at radius 3 is 2.67 bits per heavy atom. The second kappa shape index (κ2) is 6.55. The van der Waals surface area contributed by atoms with E-state index >= 15 is 0 Å². The molecule has 0 aliphatic heterocycles. The Hall–Kier alpha value is -1.44. The summed E-state index contributed by atoms with van der Waals surface area (Å²) in [5.41, 5.74) is 0.683. The fourth-order valence-electron chi connectivity index (χ4n) is 2.72. The van der Waals surface area contributed by atoms with Crippen LogP contribution < -0.4 is 5.32 Å². The normalized spacial score (nSPS) is 15.8. The van der Waals surface area contributed by atoms with E-state index in [9.17, 15) is 5.26 Å². The predicted octanol–water partition coefficient (Wildman–Crippen LogP) is 4.32. The molecule has 0 radical (unpaired) electrons. The first-order valence-electron chi connectivity index (χ1n) is 7.35. The molecule has 2 N–H and O–H groups in total. The Morgan fingerprint density at radius 2 is 2.05 bits per heavy atom. The standard InChI is InChI=1S/C17H23N3S/c1-12(2)20-17(4,11-18)10-13(3)21-16-9-14-7-5-6-8-15(14)19-16/h5-9,12-13,19-20H,10H2,1-4H3. The molecule has 3 nitrogen and oxygen atoms in total. The van der Waals surface area contributed by atoms with Gasteiger partial charge in [-0.3, -0.25) is 5.32 Å². The highest BCUT2D eigenvalue weighted by atomic mass is 32.2. The lowest BCUT2D eigenvalue weighted by Crippen LogP contribution is -2.46. The minimum atomic E-state index is -0.480. The second-order valence-electron chi connectivity index (χ2n) is 6.10. The summed E-state index contributed by atoms with van der Waals surface area (Å²) in [5.74, 6) is 0. The van der Waals surface area contributed by atoms with Crippen molar-refractivity contribution < 1.29 is 0 Å². The van der Waals surface area contributed by atoms with Crippen LogP contribution in [0.4, 0.5) is 0 Å². The summed E-state index contributed by atoms with van der Waals surface area (Å²) in [6, 6.07) is 13.2. The van der Waals surface area contributed by atoms with Crippen LogP contribution in [0.2, 0.25) is 0 Å². The monoisotopic (exact) mass is 301 g/mol. The summed E-state index contributed by atoms with van der Waals surface area (Å²) in [6.45, 7) is 8.30. The van der Waals surface area contributed by atoms with Gasteiger partial charge in [-0.05, 0) is 39.3 Å². The summed E-state index contributed by atoms with van der Waals surface area (Å²) in [5, 5.41) is 15.5. The predicted molar refractivity (Wildman–Crippen MR) is 90.5 cm³/mol. The molecule has 0 saturated heterocycles. The van der Waals surface area contributed by atoms with Gasteiger partial charge in [0.15, 0.2) is 0 Å². The number of nitrogens with zero attached hydrogens (tertiary/aromatic N) is 1. The molecule has 2 unspecified atom stereocenters. The molecule has 1 aromatic carbocycles. The number of para-hydroxylation sites is 1. The summed E-state index contributed by atoms with van der Waals surface area (Å²) >= 11 is 1.79. The van der Waals surface area contributed by atoms with Crippen LogP contribution in [0.5, 0.6) is 0 Å². The number of aromatic nitrogens is 1. The smallest absolute Gasteiger partial charge is 0.105 e. The fourth-order valence-corrected chi connectivity index (χ4v) is 3.93. The third-order valence-corrected chi connectivity index (χ3v) is 4.43. The first-order chi connectivity index (χ1) is 9.92. The van der Waals surface area contributed by atoms with E-state index in [1.165, 1.54) is 5.39 Å². The number of aromatic amines is 1. The number of nitriles is 1. The summed E-state index contributed by atoms with van der Waals surface area (Å²) in [4.78, 5) is 3.43. The number of H-pyrrole nitrogens is 1. The van der Waals surface area contributed by atoms with Crippen LogP contribution in [0.1, 0.15) is 34.1 Å². The van der Waals surface area contributed by atoms with Crippen molar-refractivity contribution in [1.82, 2.24) is 10.3 Å². The van der Waals surface area contributed by atoms with E-state index in [-0.39, 0.29) is 0 Å². The van der Waals surface area contributed by atoms with E-state index < -0.39 is 5.54 Å². The lowest BCUT2D eigenvalue weighted by Gasteiger charge is -2.28. The molecule has 0 aliphatic carbocycles. The summed E-state index contributed by atoms with van der Waals surface area (Å²) in [7, 11) is 0. The van der Waals surface area contributed by atoms with Crippen LogP contribution in [0.25, 0.3) is 10.9 Å². The highest BCUT2D eigenvalue weighted by Gasteiger charge is 2.27. The number of hydrogen-bond acceptors (Lipinski definition) is 3. The van der Waals surface area contributed by atoms with E-state index in [4.69, 9.17) is 0 Å². The second-order valence-corrected chi connectivity index (χ2v) is 7.58. The van der Waals surface area contributed by atoms with E-state index in [0.29, 0.717) is 11.3 Å². The lowest BCUT2D eigenvalue weighted by molar-refractivity contribution is 0.382. The van der Waals surface area contributed by atoms with Gasteiger partial charge in [0.2, 0.25) is 0 Å². The van der Waals surface area contributed by atoms with Crippen LogP contribution in [0, 0.1) is 11.3 Å². The molecule has 2 aromatic rings. The van der Waals surface area contributed by atoms with Crippen molar-refractivity contribution in [3.8, 4) is 6.07 Å².